The highest BCUT2D eigenvalue weighted by Gasteiger charge is 2.35. The molecular weight excluding hydrogens is 490 g/mol. The first-order chi connectivity index (χ1) is 18.6. The lowest BCUT2D eigenvalue weighted by Gasteiger charge is -2.44. The van der Waals surface area contributed by atoms with Crippen LogP contribution in [-0.2, 0) is 17.7 Å². The molecule has 0 bridgehead atoms. The molecule has 0 atom stereocenters. The fourth-order valence-corrected chi connectivity index (χ4v) is 7.65. The van der Waals surface area contributed by atoms with Crippen LogP contribution in [0.25, 0.3) is 21.7 Å². The summed E-state index contributed by atoms with van der Waals surface area (Å²) in [6.07, 6.45) is 7.32. The second-order valence-electron chi connectivity index (χ2n) is 11.4. The molecule has 0 radical (unpaired) electrons. The number of aromatic nitrogens is 1. The van der Waals surface area contributed by atoms with Crippen molar-refractivity contribution in [2.45, 2.75) is 58.9 Å². The molecule has 38 heavy (non-hydrogen) atoms. The minimum Gasteiger partial charge on any atom is -0.493 e. The number of fused-ring (bicyclic) bond motifs is 1. The third-order valence-electron chi connectivity index (χ3n) is 9.08. The smallest absolute Gasteiger partial charge is 0.124 e. The van der Waals surface area contributed by atoms with Gasteiger partial charge in [-0.2, -0.15) is 0 Å². The zero-order chi connectivity index (χ0) is 26.0. The summed E-state index contributed by atoms with van der Waals surface area (Å²) >= 11 is 1.86. The summed E-state index contributed by atoms with van der Waals surface area (Å²) in [5.41, 5.74) is 8.06. The first kappa shape index (κ1) is 26.0. The average Bonchev–Trinajstić information content (AvgIpc) is 3.38. The molecule has 0 saturated carbocycles. The van der Waals surface area contributed by atoms with Crippen LogP contribution in [0, 0.1) is 19.3 Å². The molecule has 4 heterocycles. The van der Waals surface area contributed by atoms with Crippen molar-refractivity contribution in [3.05, 3.63) is 58.1 Å². The first-order valence-electron chi connectivity index (χ1n) is 14.4. The van der Waals surface area contributed by atoms with Crippen molar-refractivity contribution in [3.8, 4) is 27.4 Å². The predicted octanol–water partition coefficient (Wildman–Crippen LogP) is 6.40. The molecule has 0 amide bonds. The van der Waals surface area contributed by atoms with E-state index in [1.54, 1.807) is 0 Å². The largest absolute Gasteiger partial charge is 0.493 e. The highest BCUT2D eigenvalue weighted by atomic mass is 32.1. The van der Waals surface area contributed by atoms with Crippen LogP contribution < -0.4 is 10.1 Å². The minimum atomic E-state index is 0.564. The molecule has 2 aromatic carbocycles. The Morgan fingerprint density at radius 2 is 1.71 bits per heavy atom. The Kier molecular flexibility index (Phi) is 7.85. The van der Waals surface area contributed by atoms with Crippen molar-refractivity contribution in [2.75, 3.05) is 46.0 Å². The number of benzene rings is 2. The molecule has 202 valence electrons. The molecule has 0 aliphatic carbocycles. The van der Waals surface area contributed by atoms with Crippen LogP contribution in [0.15, 0.2) is 36.4 Å². The maximum Gasteiger partial charge on any atom is 0.124 e. The van der Waals surface area contributed by atoms with E-state index in [1.165, 1.54) is 77.2 Å². The molecule has 2 fully saturated rings. The van der Waals surface area contributed by atoms with Crippen molar-refractivity contribution in [1.82, 2.24) is 15.2 Å². The summed E-state index contributed by atoms with van der Waals surface area (Å²) in [5.74, 6) is 1.00. The van der Waals surface area contributed by atoms with E-state index in [2.05, 4.69) is 60.5 Å². The van der Waals surface area contributed by atoms with Crippen LogP contribution in [0.4, 0.5) is 0 Å². The molecule has 0 unspecified atom stereocenters. The Bertz CT molecular complexity index is 1230. The van der Waals surface area contributed by atoms with Gasteiger partial charge in [0.1, 0.15) is 10.8 Å². The quantitative estimate of drug-likeness (QED) is 0.358. The number of piperidine rings is 1. The van der Waals surface area contributed by atoms with E-state index in [0.29, 0.717) is 5.41 Å². The van der Waals surface area contributed by atoms with Crippen LogP contribution in [0.3, 0.4) is 0 Å². The number of likely N-dealkylation sites (tertiary alicyclic amines) is 1. The van der Waals surface area contributed by atoms with Gasteiger partial charge in [0.25, 0.3) is 0 Å². The maximum atomic E-state index is 6.35. The summed E-state index contributed by atoms with van der Waals surface area (Å²) in [5, 5.41) is 4.59. The highest BCUT2D eigenvalue weighted by Crippen LogP contribution is 2.41. The molecule has 6 rings (SSSR count). The number of nitrogens with zero attached hydrogens (tertiary/aromatic N) is 2. The van der Waals surface area contributed by atoms with E-state index in [4.69, 9.17) is 14.5 Å². The number of ether oxygens (including phenoxy) is 2. The van der Waals surface area contributed by atoms with E-state index in [-0.39, 0.29) is 0 Å². The van der Waals surface area contributed by atoms with Gasteiger partial charge in [0.15, 0.2) is 0 Å². The van der Waals surface area contributed by atoms with E-state index < -0.39 is 0 Å². The van der Waals surface area contributed by atoms with E-state index in [9.17, 15) is 0 Å². The monoisotopic (exact) mass is 531 g/mol. The van der Waals surface area contributed by atoms with Crippen LogP contribution >= 0.6 is 11.3 Å². The van der Waals surface area contributed by atoms with E-state index in [0.717, 1.165) is 63.1 Å². The summed E-state index contributed by atoms with van der Waals surface area (Å²) in [6, 6.07) is 13.1. The molecule has 3 aliphatic heterocycles. The Hall–Kier alpha value is -2.25. The molecular formula is C32H41N3O2S. The topological polar surface area (TPSA) is 46.6 Å². The Balaban J connectivity index is 1.09. The first-order valence-corrected chi connectivity index (χ1v) is 15.3. The van der Waals surface area contributed by atoms with Crippen molar-refractivity contribution < 1.29 is 9.47 Å². The number of thiazole rings is 1. The molecule has 3 aromatic rings. The van der Waals surface area contributed by atoms with Crippen molar-refractivity contribution in [3.63, 3.8) is 0 Å². The molecule has 1 N–H and O–H groups in total. The molecule has 1 aromatic heterocycles. The molecule has 5 nitrogen and oxygen atoms in total. The molecule has 1 spiro atoms. The predicted molar refractivity (Wildman–Crippen MR) is 156 cm³/mol. The maximum absolute atomic E-state index is 6.35. The summed E-state index contributed by atoms with van der Waals surface area (Å²) < 4.78 is 12.0. The Labute approximate surface area is 231 Å². The highest BCUT2D eigenvalue weighted by molar-refractivity contribution is 7.15. The van der Waals surface area contributed by atoms with Crippen LogP contribution in [0.1, 0.15) is 53.8 Å². The van der Waals surface area contributed by atoms with Crippen LogP contribution in [0.2, 0.25) is 0 Å². The van der Waals surface area contributed by atoms with Crippen molar-refractivity contribution in [1.29, 1.82) is 0 Å². The SMILES string of the molecule is Cc1c(OCCCN2CCC3(CCOCC3)CC2)cccc1-c1cccc(-c2nc3c(s2)CCNC3)c1C. The number of nitrogens with one attached hydrogen (secondary N) is 1. The number of hydrogen-bond acceptors (Lipinski definition) is 6. The van der Waals surface area contributed by atoms with Gasteiger partial charge in [-0.25, -0.2) is 4.98 Å². The summed E-state index contributed by atoms with van der Waals surface area (Å²) in [7, 11) is 0. The number of rotatable bonds is 7. The second kappa shape index (κ2) is 11.5. The standard InChI is InChI=1S/C32H41N3O2S/c1-23-25(6-3-8-27(23)31-34-28-22-33-15-10-30(28)38-31)26-7-4-9-29(24(26)2)37-19-5-16-35-17-11-32(12-18-35)13-20-36-21-14-32/h3-4,6-9,33H,5,10-22H2,1-2H3. The van der Waals surface area contributed by atoms with Gasteiger partial charge < -0.3 is 19.7 Å². The van der Waals surface area contributed by atoms with Crippen LogP contribution in [0.5, 0.6) is 5.75 Å². The third-order valence-corrected chi connectivity index (χ3v) is 10.3. The Morgan fingerprint density at radius 1 is 0.974 bits per heavy atom. The van der Waals surface area contributed by atoms with Gasteiger partial charge >= 0.3 is 0 Å². The van der Waals surface area contributed by atoms with Gasteiger partial charge in [0, 0.05) is 43.3 Å². The normalized spacial score (nSPS) is 19.4. The molecule has 3 aliphatic rings. The lowest BCUT2D eigenvalue weighted by atomic mass is 9.72. The van der Waals surface area contributed by atoms with Gasteiger partial charge in [0.05, 0.1) is 12.3 Å². The van der Waals surface area contributed by atoms with Gasteiger partial charge in [0.2, 0.25) is 0 Å². The van der Waals surface area contributed by atoms with Gasteiger partial charge in [-0.15, -0.1) is 11.3 Å². The summed E-state index contributed by atoms with van der Waals surface area (Å²) in [4.78, 5) is 9.06. The molecule has 2 saturated heterocycles. The second-order valence-corrected chi connectivity index (χ2v) is 12.5. The lowest BCUT2D eigenvalue weighted by molar-refractivity contribution is -0.0209. The molecule has 6 heteroatoms. The van der Waals surface area contributed by atoms with Crippen molar-refractivity contribution in [2.24, 2.45) is 5.41 Å². The van der Waals surface area contributed by atoms with Crippen molar-refractivity contribution >= 4 is 11.3 Å². The van der Waals surface area contributed by atoms with Gasteiger partial charge in [-0.05, 0) is 99.2 Å². The lowest BCUT2D eigenvalue weighted by Crippen LogP contribution is -2.43. The third kappa shape index (κ3) is 5.42. The average molecular weight is 532 g/mol. The minimum absolute atomic E-state index is 0.564. The Morgan fingerprint density at radius 3 is 2.50 bits per heavy atom. The van der Waals surface area contributed by atoms with E-state index >= 15 is 0 Å². The van der Waals surface area contributed by atoms with Gasteiger partial charge in [-0.3, -0.25) is 0 Å². The zero-order valence-electron chi connectivity index (χ0n) is 23.0. The summed E-state index contributed by atoms with van der Waals surface area (Å²) in [6.45, 7) is 12.6. The van der Waals surface area contributed by atoms with Crippen LogP contribution in [-0.4, -0.2) is 55.9 Å². The van der Waals surface area contributed by atoms with E-state index in [1.807, 2.05) is 11.3 Å². The van der Waals surface area contributed by atoms with Gasteiger partial charge in [-0.1, -0.05) is 30.3 Å². The number of hydrogen-bond donors (Lipinski definition) is 1. The zero-order valence-corrected chi connectivity index (χ0v) is 23.8. The fraction of sp³-hybridized carbons (Fsp3) is 0.531. The fourth-order valence-electron chi connectivity index (χ4n) is 6.49.